The Morgan fingerprint density at radius 1 is 1.44 bits per heavy atom. The minimum atomic E-state index is -0.264. The molecule has 2 N–H and O–H groups in total. The molecule has 1 aromatic heterocycles. The van der Waals surface area contributed by atoms with Gasteiger partial charge in [-0.25, -0.2) is 9.37 Å². The normalized spacial score (nSPS) is 10.6. The molecule has 0 radical (unpaired) electrons. The molecule has 5 heteroatoms. The van der Waals surface area contributed by atoms with Gasteiger partial charge < -0.3 is 10.5 Å². The monoisotopic (exact) mass is 266 g/mol. The Bertz CT molecular complexity index is 527. The van der Waals surface area contributed by atoms with Gasteiger partial charge in [-0.3, -0.25) is 0 Å². The molecule has 1 aromatic carbocycles. The van der Waals surface area contributed by atoms with Crippen molar-refractivity contribution in [1.82, 2.24) is 4.98 Å². The van der Waals surface area contributed by atoms with Crippen molar-refractivity contribution < 1.29 is 9.13 Å². The van der Waals surface area contributed by atoms with Gasteiger partial charge in [0.05, 0.1) is 9.88 Å². The fourth-order valence-corrected chi connectivity index (χ4v) is 2.37. The van der Waals surface area contributed by atoms with Crippen LogP contribution < -0.4 is 10.5 Å². The van der Waals surface area contributed by atoms with Crippen LogP contribution in [0.25, 0.3) is 0 Å². The van der Waals surface area contributed by atoms with Crippen LogP contribution in [0.1, 0.15) is 15.4 Å². The van der Waals surface area contributed by atoms with E-state index in [9.17, 15) is 4.39 Å². The van der Waals surface area contributed by atoms with Crippen LogP contribution in [0, 0.1) is 12.7 Å². The Morgan fingerprint density at radius 2 is 2.28 bits per heavy atom. The maximum absolute atomic E-state index is 13.1. The molecule has 0 spiro atoms. The molecule has 96 valence electrons. The van der Waals surface area contributed by atoms with Crippen LogP contribution in [0.4, 0.5) is 4.39 Å². The number of nitrogens with zero attached hydrogens (tertiary/aromatic N) is 1. The first-order valence-electron chi connectivity index (χ1n) is 5.71. The van der Waals surface area contributed by atoms with Crippen molar-refractivity contribution in [3.05, 3.63) is 45.7 Å². The lowest BCUT2D eigenvalue weighted by atomic mass is 10.1. The van der Waals surface area contributed by atoms with Crippen molar-refractivity contribution in [2.45, 2.75) is 20.0 Å². The summed E-state index contributed by atoms with van der Waals surface area (Å²) >= 11 is 1.59. The summed E-state index contributed by atoms with van der Waals surface area (Å²) in [4.78, 5) is 5.21. The standard InChI is InChI=1S/C13H15FN2OS/c1-9-16-7-12(18-9)8-17-13-3-2-11(14)6-10(13)4-5-15/h2-3,6-7H,4-5,8,15H2,1H3. The third kappa shape index (κ3) is 3.27. The highest BCUT2D eigenvalue weighted by molar-refractivity contribution is 7.11. The zero-order valence-electron chi connectivity index (χ0n) is 10.1. The number of hydrogen-bond acceptors (Lipinski definition) is 4. The fraction of sp³-hybridized carbons (Fsp3) is 0.308. The van der Waals surface area contributed by atoms with Crippen molar-refractivity contribution in [3.63, 3.8) is 0 Å². The number of halogens is 1. The zero-order valence-corrected chi connectivity index (χ0v) is 11.0. The lowest BCUT2D eigenvalue weighted by Gasteiger charge is -2.10. The van der Waals surface area contributed by atoms with Crippen LogP contribution >= 0.6 is 11.3 Å². The molecule has 0 aliphatic rings. The van der Waals surface area contributed by atoms with Crippen LogP contribution in [0.15, 0.2) is 24.4 Å². The molecular weight excluding hydrogens is 251 g/mol. The maximum Gasteiger partial charge on any atom is 0.124 e. The van der Waals surface area contributed by atoms with Crippen molar-refractivity contribution in [1.29, 1.82) is 0 Å². The molecule has 18 heavy (non-hydrogen) atoms. The second-order valence-corrected chi connectivity index (χ2v) is 5.24. The molecule has 0 fully saturated rings. The highest BCUT2D eigenvalue weighted by atomic mass is 32.1. The molecule has 0 unspecified atom stereocenters. The quantitative estimate of drug-likeness (QED) is 0.905. The van der Waals surface area contributed by atoms with Crippen LogP contribution in [0.3, 0.4) is 0 Å². The number of benzene rings is 1. The Morgan fingerprint density at radius 3 is 2.94 bits per heavy atom. The number of ether oxygens (including phenoxy) is 1. The van der Waals surface area contributed by atoms with Gasteiger partial charge in [0.2, 0.25) is 0 Å². The minimum absolute atomic E-state index is 0.264. The van der Waals surface area contributed by atoms with Gasteiger partial charge in [0, 0.05) is 6.20 Å². The van der Waals surface area contributed by atoms with E-state index in [1.165, 1.54) is 12.1 Å². The molecule has 0 aliphatic carbocycles. The van der Waals surface area contributed by atoms with Gasteiger partial charge in [-0.1, -0.05) is 0 Å². The molecule has 2 rings (SSSR count). The van der Waals surface area contributed by atoms with Crippen molar-refractivity contribution in [2.24, 2.45) is 5.73 Å². The second kappa shape index (κ2) is 5.93. The van der Waals surface area contributed by atoms with Crippen LogP contribution in [-0.4, -0.2) is 11.5 Å². The summed E-state index contributed by atoms with van der Waals surface area (Å²) < 4.78 is 18.8. The number of aromatic nitrogens is 1. The maximum atomic E-state index is 13.1. The van der Waals surface area contributed by atoms with Crippen LogP contribution in [-0.2, 0) is 13.0 Å². The number of hydrogen-bond donors (Lipinski definition) is 1. The highest BCUT2D eigenvalue weighted by Crippen LogP contribution is 2.22. The summed E-state index contributed by atoms with van der Waals surface area (Å²) in [5.41, 5.74) is 6.31. The van der Waals surface area contributed by atoms with Gasteiger partial charge in [0.25, 0.3) is 0 Å². The van der Waals surface area contributed by atoms with E-state index >= 15 is 0 Å². The molecule has 0 bridgehead atoms. The third-order valence-corrected chi connectivity index (χ3v) is 3.36. The molecule has 0 saturated carbocycles. The molecule has 0 atom stereocenters. The molecular formula is C13H15FN2OS. The Kier molecular flexibility index (Phi) is 4.28. The predicted molar refractivity (Wildman–Crippen MR) is 70.3 cm³/mol. The predicted octanol–water partition coefficient (Wildman–Crippen LogP) is 2.67. The average molecular weight is 266 g/mol. The zero-order chi connectivity index (χ0) is 13.0. The molecule has 2 aromatic rings. The third-order valence-electron chi connectivity index (χ3n) is 2.48. The molecule has 1 heterocycles. The lowest BCUT2D eigenvalue weighted by molar-refractivity contribution is 0.305. The van der Waals surface area contributed by atoms with Gasteiger partial charge in [-0.05, 0) is 43.7 Å². The summed E-state index contributed by atoms with van der Waals surface area (Å²) in [6, 6.07) is 4.52. The number of aryl methyl sites for hydroxylation is 1. The summed E-state index contributed by atoms with van der Waals surface area (Å²) in [6.45, 7) is 2.88. The van der Waals surface area contributed by atoms with Gasteiger partial charge in [0.1, 0.15) is 18.2 Å². The van der Waals surface area contributed by atoms with Crippen molar-refractivity contribution in [2.75, 3.05) is 6.54 Å². The molecule has 0 aliphatic heterocycles. The summed E-state index contributed by atoms with van der Waals surface area (Å²) in [5.74, 6) is 0.423. The molecule has 0 amide bonds. The highest BCUT2D eigenvalue weighted by Gasteiger charge is 2.06. The average Bonchev–Trinajstić information content (AvgIpc) is 2.75. The van der Waals surface area contributed by atoms with Gasteiger partial charge in [0.15, 0.2) is 0 Å². The Hall–Kier alpha value is -1.46. The first kappa shape index (κ1) is 13.0. The first-order valence-corrected chi connectivity index (χ1v) is 6.53. The Labute approximate surface area is 109 Å². The van der Waals surface area contributed by atoms with Gasteiger partial charge in [-0.2, -0.15) is 0 Å². The van der Waals surface area contributed by atoms with Crippen LogP contribution in [0.2, 0.25) is 0 Å². The summed E-state index contributed by atoms with van der Waals surface area (Å²) in [7, 11) is 0. The molecule has 3 nitrogen and oxygen atoms in total. The van der Waals surface area contributed by atoms with Crippen molar-refractivity contribution >= 4 is 11.3 Å². The van der Waals surface area contributed by atoms with Crippen LogP contribution in [0.5, 0.6) is 5.75 Å². The number of thiazole rings is 1. The van der Waals surface area contributed by atoms with E-state index in [1.807, 2.05) is 6.92 Å². The van der Waals surface area contributed by atoms with E-state index in [4.69, 9.17) is 10.5 Å². The van der Waals surface area contributed by atoms with E-state index < -0.39 is 0 Å². The second-order valence-electron chi connectivity index (χ2n) is 3.92. The number of rotatable bonds is 5. The van der Waals surface area contributed by atoms with E-state index in [2.05, 4.69) is 4.98 Å². The summed E-state index contributed by atoms with van der Waals surface area (Å²) in [5, 5.41) is 1.01. The lowest BCUT2D eigenvalue weighted by Crippen LogP contribution is -2.05. The van der Waals surface area contributed by atoms with E-state index in [0.29, 0.717) is 25.3 Å². The smallest absolute Gasteiger partial charge is 0.124 e. The number of nitrogens with two attached hydrogens (primary N) is 1. The van der Waals surface area contributed by atoms with Gasteiger partial charge >= 0.3 is 0 Å². The first-order chi connectivity index (χ1) is 8.69. The van der Waals surface area contributed by atoms with E-state index in [-0.39, 0.29) is 5.82 Å². The largest absolute Gasteiger partial charge is 0.488 e. The Balaban J connectivity index is 2.08. The van der Waals surface area contributed by atoms with E-state index in [1.54, 1.807) is 23.6 Å². The minimum Gasteiger partial charge on any atom is -0.488 e. The summed E-state index contributed by atoms with van der Waals surface area (Å²) in [6.07, 6.45) is 2.40. The molecule has 0 saturated heterocycles. The van der Waals surface area contributed by atoms with Gasteiger partial charge in [-0.15, -0.1) is 11.3 Å². The fourth-order valence-electron chi connectivity index (χ4n) is 1.66. The van der Waals surface area contributed by atoms with Crippen molar-refractivity contribution in [3.8, 4) is 5.75 Å². The topological polar surface area (TPSA) is 48.1 Å². The SMILES string of the molecule is Cc1ncc(COc2ccc(F)cc2CCN)s1. The van der Waals surface area contributed by atoms with E-state index in [0.717, 1.165) is 15.4 Å².